The van der Waals surface area contributed by atoms with Crippen molar-refractivity contribution < 1.29 is 13.2 Å². The van der Waals surface area contributed by atoms with Crippen LogP contribution in [0.3, 0.4) is 0 Å². The van der Waals surface area contributed by atoms with Crippen molar-refractivity contribution in [3.05, 3.63) is 94.9 Å². The fourth-order valence-corrected chi connectivity index (χ4v) is 4.06. The van der Waals surface area contributed by atoms with Crippen LogP contribution in [0, 0.1) is 20.8 Å². The van der Waals surface area contributed by atoms with Crippen molar-refractivity contribution in [3.63, 3.8) is 0 Å². The van der Waals surface area contributed by atoms with E-state index in [1.165, 1.54) is 6.08 Å². The summed E-state index contributed by atoms with van der Waals surface area (Å²) in [5.74, 6) is 2.03. The molecule has 4 aromatic rings. The highest BCUT2D eigenvalue weighted by atomic mass is 32.2. The molecule has 33 heavy (non-hydrogen) atoms. The number of benzene rings is 2. The zero-order valence-electron chi connectivity index (χ0n) is 18.4. The molecule has 2 heterocycles. The number of sulfonamides is 1. The van der Waals surface area contributed by atoms with Gasteiger partial charge >= 0.3 is 0 Å². The van der Waals surface area contributed by atoms with E-state index in [4.69, 9.17) is 4.74 Å². The van der Waals surface area contributed by atoms with Crippen LogP contribution in [0.25, 0.3) is 11.9 Å². The van der Waals surface area contributed by atoms with Crippen LogP contribution in [0.15, 0.2) is 72.1 Å². The van der Waals surface area contributed by atoms with E-state index in [0.717, 1.165) is 22.4 Å². The number of aromatic nitrogens is 4. The van der Waals surface area contributed by atoms with Gasteiger partial charge in [-0.25, -0.2) is 18.1 Å². The van der Waals surface area contributed by atoms with Gasteiger partial charge in [0.2, 0.25) is 5.88 Å². The largest absolute Gasteiger partial charge is 0.439 e. The van der Waals surface area contributed by atoms with Gasteiger partial charge in [0.1, 0.15) is 11.6 Å². The number of aryl methyl sites for hydroxylation is 3. The molecule has 0 saturated carbocycles. The van der Waals surface area contributed by atoms with Crippen LogP contribution < -0.4 is 9.46 Å². The summed E-state index contributed by atoms with van der Waals surface area (Å²) in [5.41, 5.74) is 3.06. The molecule has 9 heteroatoms. The summed E-state index contributed by atoms with van der Waals surface area (Å²) in [5, 5.41) is 5.59. The van der Waals surface area contributed by atoms with Crippen LogP contribution >= 0.6 is 0 Å². The topological polar surface area (TPSA) is 99.0 Å². The summed E-state index contributed by atoms with van der Waals surface area (Å²) < 4.78 is 34.8. The molecule has 0 radical (unpaired) electrons. The zero-order chi connectivity index (χ0) is 23.4. The Balaban J connectivity index is 1.47. The van der Waals surface area contributed by atoms with E-state index >= 15 is 0 Å². The Hall–Kier alpha value is -3.98. The molecule has 1 N–H and O–H groups in total. The van der Waals surface area contributed by atoms with Crippen LogP contribution in [-0.2, 0) is 10.0 Å². The van der Waals surface area contributed by atoms with Crippen LogP contribution in [0.4, 0.5) is 5.69 Å². The van der Waals surface area contributed by atoms with Gasteiger partial charge in [-0.3, -0.25) is 4.72 Å². The first kappa shape index (κ1) is 22.2. The predicted molar refractivity (Wildman–Crippen MR) is 128 cm³/mol. The number of hydrogen-bond donors (Lipinski definition) is 1. The van der Waals surface area contributed by atoms with Crippen LogP contribution in [-0.4, -0.2) is 28.2 Å². The van der Waals surface area contributed by atoms with E-state index in [1.807, 2.05) is 50.2 Å². The summed E-state index contributed by atoms with van der Waals surface area (Å²) in [6, 6.07) is 19.5. The lowest BCUT2D eigenvalue weighted by molar-refractivity contribution is 0.459. The first-order chi connectivity index (χ1) is 15.8. The summed E-state index contributed by atoms with van der Waals surface area (Å²) >= 11 is 0. The number of hydrogen-bond acceptors (Lipinski definition) is 6. The number of nitrogens with one attached hydrogen (secondary N) is 1. The molecule has 0 unspecified atom stereocenters. The molecule has 2 aromatic carbocycles. The lowest BCUT2D eigenvalue weighted by Gasteiger charge is -2.10. The summed E-state index contributed by atoms with van der Waals surface area (Å²) in [6.45, 7) is 5.65. The maximum absolute atomic E-state index is 12.3. The summed E-state index contributed by atoms with van der Waals surface area (Å²) in [4.78, 5) is 8.77. The average Bonchev–Trinajstić information content (AvgIpc) is 3.12. The van der Waals surface area contributed by atoms with E-state index < -0.39 is 10.0 Å². The van der Waals surface area contributed by atoms with Crippen LogP contribution in [0.1, 0.15) is 22.8 Å². The third kappa shape index (κ3) is 5.83. The van der Waals surface area contributed by atoms with Gasteiger partial charge in [-0.15, -0.1) is 0 Å². The highest BCUT2D eigenvalue weighted by molar-refractivity contribution is 7.95. The molecule has 0 aliphatic heterocycles. The molecule has 8 nitrogen and oxygen atoms in total. The monoisotopic (exact) mass is 461 g/mol. The van der Waals surface area contributed by atoms with Gasteiger partial charge in [-0.2, -0.15) is 10.1 Å². The molecule has 0 amide bonds. The van der Waals surface area contributed by atoms with Crippen molar-refractivity contribution >= 4 is 21.8 Å². The van der Waals surface area contributed by atoms with E-state index in [9.17, 15) is 8.42 Å². The van der Waals surface area contributed by atoms with Gasteiger partial charge in [-0.1, -0.05) is 30.3 Å². The molecule has 4 rings (SSSR count). The van der Waals surface area contributed by atoms with E-state index in [0.29, 0.717) is 29.0 Å². The van der Waals surface area contributed by atoms with Crippen molar-refractivity contribution in [2.24, 2.45) is 0 Å². The molecule has 0 atom stereocenters. The average molecular weight is 462 g/mol. The molecular weight excluding hydrogens is 438 g/mol. The minimum atomic E-state index is -3.65. The standard InChI is InChI=1S/C24H23N5O3S/c1-17-15-18(2)29(27-17)23-16-24(26-19(3)25-23)32-22-11-9-21(10-12-22)28-33(30,31)14-13-20-7-5-4-6-8-20/h4-16,28H,1-3H3/b14-13+. The Morgan fingerprint density at radius 3 is 2.33 bits per heavy atom. The normalized spacial score (nSPS) is 11.6. The fraction of sp³-hybridized carbons (Fsp3) is 0.125. The minimum absolute atomic E-state index is 0.365. The van der Waals surface area contributed by atoms with Crippen LogP contribution in [0.2, 0.25) is 0 Å². The second-order valence-electron chi connectivity index (χ2n) is 7.44. The Morgan fingerprint density at radius 2 is 1.67 bits per heavy atom. The summed E-state index contributed by atoms with van der Waals surface area (Å²) in [6.07, 6.45) is 1.54. The molecule has 168 valence electrons. The van der Waals surface area contributed by atoms with Gasteiger partial charge in [0.05, 0.1) is 11.1 Å². The second-order valence-corrected chi connectivity index (χ2v) is 9.00. The van der Waals surface area contributed by atoms with Gasteiger partial charge in [0.25, 0.3) is 10.0 Å². The number of ether oxygens (including phenoxy) is 1. The van der Waals surface area contributed by atoms with Gasteiger partial charge < -0.3 is 4.74 Å². The van der Waals surface area contributed by atoms with Gasteiger partial charge in [0.15, 0.2) is 5.82 Å². The third-order valence-electron chi connectivity index (χ3n) is 4.60. The predicted octanol–water partition coefficient (Wildman–Crippen LogP) is 4.79. The highest BCUT2D eigenvalue weighted by Crippen LogP contribution is 2.24. The van der Waals surface area contributed by atoms with Crippen molar-refractivity contribution in [2.45, 2.75) is 20.8 Å². The molecule has 0 spiro atoms. The van der Waals surface area contributed by atoms with Gasteiger partial charge in [0, 0.05) is 17.4 Å². The first-order valence-corrected chi connectivity index (χ1v) is 11.8. The van der Waals surface area contributed by atoms with Crippen LogP contribution in [0.5, 0.6) is 11.6 Å². The summed E-state index contributed by atoms with van der Waals surface area (Å²) in [7, 11) is -3.65. The number of nitrogens with zero attached hydrogens (tertiary/aromatic N) is 4. The smallest absolute Gasteiger partial charge is 0.255 e. The van der Waals surface area contributed by atoms with Gasteiger partial charge in [-0.05, 0) is 62.7 Å². The maximum atomic E-state index is 12.3. The zero-order valence-corrected chi connectivity index (χ0v) is 19.2. The van der Waals surface area contributed by atoms with Crippen molar-refractivity contribution in [1.82, 2.24) is 19.7 Å². The SMILES string of the molecule is Cc1cc(C)n(-c2cc(Oc3ccc(NS(=O)(=O)/C=C/c4ccccc4)cc3)nc(C)n2)n1. The Labute approximate surface area is 192 Å². The Kier molecular flexibility index (Phi) is 6.23. The number of anilines is 1. The molecule has 0 saturated heterocycles. The fourth-order valence-electron chi connectivity index (χ4n) is 3.19. The lowest BCUT2D eigenvalue weighted by atomic mass is 10.2. The number of rotatable bonds is 7. The van der Waals surface area contributed by atoms with E-state index in [1.54, 1.807) is 41.9 Å². The highest BCUT2D eigenvalue weighted by Gasteiger charge is 2.11. The molecular formula is C24H23N5O3S. The maximum Gasteiger partial charge on any atom is 0.255 e. The molecule has 0 bridgehead atoms. The molecule has 0 aliphatic rings. The van der Waals surface area contributed by atoms with Crippen molar-refractivity contribution in [3.8, 4) is 17.4 Å². The second kappa shape index (κ2) is 9.25. The third-order valence-corrected chi connectivity index (χ3v) is 5.62. The minimum Gasteiger partial charge on any atom is -0.439 e. The van der Waals surface area contributed by atoms with E-state index in [-0.39, 0.29) is 0 Å². The lowest BCUT2D eigenvalue weighted by Crippen LogP contribution is -2.08. The first-order valence-electron chi connectivity index (χ1n) is 10.2. The molecule has 2 aromatic heterocycles. The Bertz CT molecular complexity index is 1400. The molecule has 0 fully saturated rings. The van der Waals surface area contributed by atoms with Crippen molar-refractivity contribution in [1.29, 1.82) is 0 Å². The molecule has 0 aliphatic carbocycles. The quantitative estimate of drug-likeness (QED) is 0.425. The Morgan fingerprint density at radius 1 is 0.939 bits per heavy atom. The van der Waals surface area contributed by atoms with Crippen molar-refractivity contribution in [2.75, 3.05) is 4.72 Å². The van der Waals surface area contributed by atoms with E-state index in [2.05, 4.69) is 19.8 Å².